The largest absolute Gasteiger partial charge is 0.437 e. The van der Waals surface area contributed by atoms with E-state index < -0.39 is 38.9 Å². The van der Waals surface area contributed by atoms with Crippen molar-refractivity contribution in [3.8, 4) is 0 Å². The second-order valence-electron chi connectivity index (χ2n) is 5.61. The fourth-order valence-corrected chi connectivity index (χ4v) is 3.07. The Labute approximate surface area is 148 Å². The van der Waals surface area contributed by atoms with Gasteiger partial charge >= 0.3 is 0 Å². The van der Waals surface area contributed by atoms with Crippen LogP contribution in [-0.4, -0.2) is 66.8 Å². The molecule has 1 fully saturated rings. The lowest BCUT2D eigenvalue weighted by atomic mass is 9.93. The van der Waals surface area contributed by atoms with E-state index in [0.29, 0.717) is 11.0 Å². The molecule has 0 radical (unpaired) electrons. The van der Waals surface area contributed by atoms with Crippen molar-refractivity contribution in [2.75, 3.05) is 6.61 Å². The molecule has 11 heteroatoms. The maximum Gasteiger partial charge on any atom is 0.272 e. The summed E-state index contributed by atoms with van der Waals surface area (Å²) in [5, 5.41) is 16.1. The first kappa shape index (κ1) is 15.1. The summed E-state index contributed by atoms with van der Waals surface area (Å²) < 4.78 is 33.5. The van der Waals surface area contributed by atoms with Crippen LogP contribution >= 0.6 is 11.6 Å². The molecule has 0 aromatic carbocycles. The van der Waals surface area contributed by atoms with E-state index in [1.165, 1.54) is 17.2 Å². The summed E-state index contributed by atoms with van der Waals surface area (Å²) in [4.78, 5) is 8.08. The highest BCUT2D eigenvalue weighted by Gasteiger charge is 2.54. The number of halogens is 1. The van der Waals surface area contributed by atoms with E-state index in [9.17, 15) is 5.11 Å². The summed E-state index contributed by atoms with van der Waals surface area (Å²) in [7, 11) is -1.63. The lowest BCUT2D eigenvalue weighted by molar-refractivity contribution is -0.0973. The van der Waals surface area contributed by atoms with Crippen molar-refractivity contribution < 1.29 is 19.2 Å². The first-order valence-corrected chi connectivity index (χ1v) is 7.92. The van der Waals surface area contributed by atoms with Crippen molar-refractivity contribution in [2.45, 2.75) is 44.6 Å². The van der Waals surface area contributed by atoms with Gasteiger partial charge in [-0.25, -0.2) is 14.6 Å². The predicted octanol–water partition coefficient (Wildman–Crippen LogP) is 0.329. The molecule has 3 heterocycles. The van der Waals surface area contributed by atoms with Gasteiger partial charge in [0.1, 0.15) is 29.3 Å². The summed E-state index contributed by atoms with van der Waals surface area (Å²) in [6.45, 7) is 4.70. The maximum atomic E-state index is 11.1. The van der Waals surface area contributed by atoms with Gasteiger partial charge in [-0.1, -0.05) is 25.2 Å². The molecule has 0 spiro atoms. The summed E-state index contributed by atoms with van der Waals surface area (Å²) in [5.74, 6) is 0. The minimum Gasteiger partial charge on any atom is -0.437 e. The molecule has 0 saturated carbocycles. The number of rotatable bonds is 6. The van der Waals surface area contributed by atoms with Crippen molar-refractivity contribution in [2.24, 2.45) is 0 Å². The molecular weight excluding hydrogens is 333 g/mol. The minimum absolute atomic E-state index is 0.0314. The van der Waals surface area contributed by atoms with Crippen LogP contribution in [0.2, 0.25) is 18.8 Å². The van der Waals surface area contributed by atoms with Crippen LogP contribution in [0.3, 0.4) is 0 Å². The number of ether oxygens (including phenoxy) is 1. The second kappa shape index (κ2) is 6.97. The quantitative estimate of drug-likeness (QED) is 0.590. The van der Waals surface area contributed by atoms with Gasteiger partial charge in [0.2, 0.25) is 0 Å². The molecule has 2 aromatic heterocycles. The van der Waals surface area contributed by atoms with Gasteiger partial charge in [0, 0.05) is 2.67 Å². The standard InChI is InChI=1S/C13H19B2ClN4O4/c1-13(21)9(24-15-3)8(5-22-14-2)23-12(13)20-11-7(4-19-20)10(16)17-6-18-11/h4,6,8-9,12,14-15,21H,5H2,1-3H3/i14D,15D. The van der Waals surface area contributed by atoms with Crippen molar-refractivity contribution >= 4 is 37.5 Å². The van der Waals surface area contributed by atoms with Crippen molar-refractivity contribution in [3.05, 3.63) is 17.7 Å². The third-order valence-electron chi connectivity index (χ3n) is 3.99. The molecule has 0 bridgehead atoms. The molecule has 1 saturated heterocycles. The Balaban J connectivity index is 1.96. The predicted molar refractivity (Wildman–Crippen MR) is 91.7 cm³/mol. The van der Waals surface area contributed by atoms with Crippen molar-refractivity contribution in [3.63, 3.8) is 0 Å². The highest BCUT2D eigenvalue weighted by Crippen LogP contribution is 2.41. The third-order valence-corrected chi connectivity index (χ3v) is 4.29. The van der Waals surface area contributed by atoms with Crippen LogP contribution < -0.4 is 0 Å². The zero-order valence-electron chi connectivity index (χ0n) is 15.6. The van der Waals surface area contributed by atoms with E-state index in [4.69, 9.17) is 28.3 Å². The highest BCUT2D eigenvalue weighted by atomic mass is 35.5. The number of hydrogen-bond donors (Lipinski definition) is 1. The van der Waals surface area contributed by atoms with Gasteiger partial charge in [0.25, 0.3) is 14.9 Å². The van der Waals surface area contributed by atoms with E-state index in [1.54, 1.807) is 20.6 Å². The summed E-state index contributed by atoms with van der Waals surface area (Å²) >= 11 is 6.06. The SMILES string of the molecule is [2H]B(C)OCC1OC(n2ncc3c(Cl)ncnc32)C(C)(O)C1OB([2H])C. The van der Waals surface area contributed by atoms with Gasteiger partial charge in [0.15, 0.2) is 11.9 Å². The fraction of sp³-hybridized carbons (Fsp3) is 0.615. The van der Waals surface area contributed by atoms with Gasteiger partial charge in [-0.15, -0.1) is 0 Å². The Morgan fingerprint density at radius 2 is 2.29 bits per heavy atom. The fourth-order valence-electron chi connectivity index (χ4n) is 2.89. The molecule has 4 unspecified atom stereocenters. The first-order chi connectivity index (χ1) is 12.2. The number of aromatic nitrogens is 4. The van der Waals surface area contributed by atoms with Crippen LogP contribution in [0.1, 0.15) is 13.2 Å². The number of aliphatic hydroxyl groups is 1. The zero-order valence-corrected chi connectivity index (χ0v) is 14.3. The topological polar surface area (TPSA) is 91.5 Å². The van der Waals surface area contributed by atoms with Gasteiger partial charge in [-0.2, -0.15) is 5.10 Å². The maximum absolute atomic E-state index is 11.1. The van der Waals surface area contributed by atoms with Crippen LogP contribution in [0.5, 0.6) is 0 Å². The molecule has 8 nitrogen and oxygen atoms in total. The molecule has 0 amide bonds. The number of hydrogen-bond acceptors (Lipinski definition) is 7. The molecule has 1 aliphatic rings. The number of nitrogens with zero attached hydrogens (tertiary/aromatic N) is 4. The van der Waals surface area contributed by atoms with Crippen molar-refractivity contribution in [1.29, 1.82) is 2.67 Å². The summed E-state index contributed by atoms with van der Waals surface area (Å²) in [5.41, 5.74) is -1.12. The van der Waals surface area contributed by atoms with E-state index in [1.807, 2.05) is 0 Å². The zero-order chi connectivity index (χ0) is 19.1. The average Bonchev–Trinajstić information content (AvgIpc) is 3.06. The molecule has 0 aliphatic carbocycles. The Bertz CT molecular complexity index is 782. The molecule has 4 atom stereocenters. The Kier molecular flexibility index (Phi) is 4.38. The van der Waals surface area contributed by atoms with Gasteiger partial charge < -0.3 is 19.2 Å². The average molecular weight is 354 g/mol. The molecule has 128 valence electrons. The first-order valence-electron chi connectivity index (χ1n) is 8.70. The van der Waals surface area contributed by atoms with Crippen LogP contribution in [0.15, 0.2) is 12.5 Å². The lowest BCUT2D eigenvalue weighted by Gasteiger charge is -2.30. The Morgan fingerprint density at radius 1 is 1.50 bits per heavy atom. The minimum atomic E-state index is -1.52. The molecule has 2 aromatic rings. The van der Waals surface area contributed by atoms with E-state index >= 15 is 0 Å². The van der Waals surface area contributed by atoms with Gasteiger partial charge in [-0.3, -0.25) is 0 Å². The van der Waals surface area contributed by atoms with Crippen LogP contribution in [0.4, 0.5) is 0 Å². The van der Waals surface area contributed by atoms with Crippen LogP contribution in [-0.2, 0) is 14.0 Å². The lowest BCUT2D eigenvalue weighted by Crippen LogP contribution is -2.47. The van der Waals surface area contributed by atoms with E-state index in [0.717, 1.165) is 0 Å². The molecule has 1 N–H and O–H groups in total. The van der Waals surface area contributed by atoms with Crippen LogP contribution in [0.25, 0.3) is 11.0 Å². The smallest absolute Gasteiger partial charge is 0.272 e. The highest BCUT2D eigenvalue weighted by molar-refractivity contribution is 6.33. The molecule has 3 rings (SSSR count). The van der Waals surface area contributed by atoms with Gasteiger partial charge in [0.05, 0.1) is 18.2 Å². The van der Waals surface area contributed by atoms with E-state index in [-0.39, 0.29) is 11.8 Å². The second-order valence-corrected chi connectivity index (χ2v) is 5.96. The Morgan fingerprint density at radius 3 is 3.00 bits per heavy atom. The molecule has 1 aliphatic heterocycles. The molecule has 24 heavy (non-hydrogen) atoms. The van der Waals surface area contributed by atoms with Gasteiger partial charge in [-0.05, 0) is 6.92 Å². The third kappa shape index (κ3) is 2.93. The van der Waals surface area contributed by atoms with E-state index in [2.05, 4.69) is 15.1 Å². The molecular formula is C13H19B2ClN4O4. The normalized spacial score (nSPS) is 31.1. The summed E-state index contributed by atoms with van der Waals surface area (Å²) in [6, 6.07) is 0. The van der Waals surface area contributed by atoms with Crippen molar-refractivity contribution in [1.82, 2.24) is 19.7 Å². The monoisotopic (exact) mass is 354 g/mol. The summed E-state index contributed by atoms with van der Waals surface area (Å²) in [6.07, 6.45) is 0.316. The number of fused-ring (bicyclic) bond motifs is 1. The Hall–Kier alpha value is -1.19. The van der Waals surface area contributed by atoms with Crippen LogP contribution in [0, 0.1) is 0 Å².